The number of nitrogens with one attached hydrogen (secondary N) is 1. The fourth-order valence-corrected chi connectivity index (χ4v) is 3.91. The van der Waals surface area contributed by atoms with Crippen molar-refractivity contribution in [1.82, 2.24) is 10.2 Å². The highest BCUT2D eigenvalue weighted by molar-refractivity contribution is 7.10. The van der Waals surface area contributed by atoms with E-state index in [0.717, 1.165) is 39.4 Å². The maximum atomic E-state index is 5.50. The van der Waals surface area contributed by atoms with Crippen molar-refractivity contribution in [2.75, 3.05) is 39.4 Å². The molecule has 4 heteroatoms. The predicted molar refractivity (Wildman–Crippen MR) is 95.7 cm³/mol. The van der Waals surface area contributed by atoms with Crippen LogP contribution >= 0.6 is 11.3 Å². The molecule has 1 aromatic heterocycles. The van der Waals surface area contributed by atoms with E-state index >= 15 is 0 Å². The van der Waals surface area contributed by atoms with Gasteiger partial charge in [-0.3, -0.25) is 4.90 Å². The third-order valence-electron chi connectivity index (χ3n) is 4.40. The third-order valence-corrected chi connectivity index (χ3v) is 5.38. The Morgan fingerprint density at radius 3 is 2.68 bits per heavy atom. The van der Waals surface area contributed by atoms with Gasteiger partial charge in [-0.15, -0.1) is 11.3 Å². The van der Waals surface area contributed by atoms with E-state index in [1.807, 2.05) is 11.3 Å². The lowest BCUT2D eigenvalue weighted by Crippen LogP contribution is -2.42. The van der Waals surface area contributed by atoms with Crippen molar-refractivity contribution in [1.29, 1.82) is 0 Å². The second-order valence-corrected chi connectivity index (χ2v) is 7.13. The molecule has 1 aromatic rings. The van der Waals surface area contributed by atoms with Gasteiger partial charge in [0.25, 0.3) is 0 Å². The van der Waals surface area contributed by atoms with Gasteiger partial charge in [-0.25, -0.2) is 0 Å². The average Bonchev–Trinajstić information content (AvgIpc) is 3.08. The van der Waals surface area contributed by atoms with Gasteiger partial charge >= 0.3 is 0 Å². The van der Waals surface area contributed by atoms with E-state index in [-0.39, 0.29) is 0 Å². The summed E-state index contributed by atoms with van der Waals surface area (Å²) >= 11 is 1.88. The zero-order valence-corrected chi connectivity index (χ0v) is 14.9. The van der Waals surface area contributed by atoms with Gasteiger partial charge in [0.2, 0.25) is 0 Å². The van der Waals surface area contributed by atoms with E-state index in [1.165, 1.54) is 43.4 Å². The van der Waals surface area contributed by atoms with Gasteiger partial charge in [0.05, 0.1) is 19.3 Å². The van der Waals surface area contributed by atoms with Gasteiger partial charge in [-0.1, -0.05) is 45.1 Å². The summed E-state index contributed by atoms with van der Waals surface area (Å²) in [5.41, 5.74) is 0. The van der Waals surface area contributed by atoms with Crippen molar-refractivity contribution < 1.29 is 4.74 Å². The zero-order valence-electron chi connectivity index (χ0n) is 14.1. The summed E-state index contributed by atoms with van der Waals surface area (Å²) in [5.74, 6) is 0. The molecular weight excluding hydrogens is 292 g/mol. The molecule has 1 atom stereocenters. The first kappa shape index (κ1) is 17.9. The Morgan fingerprint density at radius 2 is 1.95 bits per heavy atom. The van der Waals surface area contributed by atoms with E-state index in [1.54, 1.807) is 0 Å². The van der Waals surface area contributed by atoms with Crippen molar-refractivity contribution in [3.63, 3.8) is 0 Å². The minimum absolute atomic E-state index is 0.518. The molecule has 0 saturated carbocycles. The summed E-state index contributed by atoms with van der Waals surface area (Å²) in [6, 6.07) is 4.96. The Bertz CT molecular complexity index is 363. The Morgan fingerprint density at radius 1 is 1.18 bits per heavy atom. The normalized spacial score (nSPS) is 17.7. The summed E-state index contributed by atoms with van der Waals surface area (Å²) < 4.78 is 5.50. The van der Waals surface area contributed by atoms with Gasteiger partial charge in [-0.05, 0) is 24.4 Å². The van der Waals surface area contributed by atoms with Crippen LogP contribution in [0.4, 0.5) is 0 Å². The largest absolute Gasteiger partial charge is 0.379 e. The van der Waals surface area contributed by atoms with Gasteiger partial charge in [-0.2, -0.15) is 0 Å². The first-order chi connectivity index (χ1) is 10.9. The molecule has 1 saturated heterocycles. The number of nitrogens with zero attached hydrogens (tertiary/aromatic N) is 1. The molecule has 0 aliphatic carbocycles. The Kier molecular flexibility index (Phi) is 9.10. The quantitative estimate of drug-likeness (QED) is 0.621. The molecule has 0 bridgehead atoms. The molecule has 0 spiro atoms. The highest BCUT2D eigenvalue weighted by Gasteiger charge is 2.22. The van der Waals surface area contributed by atoms with Crippen molar-refractivity contribution in [3.05, 3.63) is 22.4 Å². The number of ether oxygens (including phenoxy) is 1. The first-order valence-corrected chi connectivity index (χ1v) is 9.85. The molecule has 1 fully saturated rings. The molecule has 1 unspecified atom stereocenters. The standard InChI is InChI=1S/C18H32N2OS/c1-2-3-4-5-6-7-10-19-16-17(18-9-8-15-22-18)20-11-13-21-14-12-20/h8-9,15,17,19H,2-7,10-14,16H2,1H3. The van der Waals surface area contributed by atoms with Crippen LogP contribution in [0.25, 0.3) is 0 Å². The van der Waals surface area contributed by atoms with Crippen LogP contribution in [0, 0.1) is 0 Å². The van der Waals surface area contributed by atoms with E-state index in [9.17, 15) is 0 Å². The lowest BCUT2D eigenvalue weighted by Gasteiger charge is -2.34. The number of morpholine rings is 1. The number of hydrogen-bond acceptors (Lipinski definition) is 4. The second-order valence-electron chi connectivity index (χ2n) is 6.15. The third kappa shape index (κ3) is 6.37. The monoisotopic (exact) mass is 324 g/mol. The molecule has 0 amide bonds. The molecule has 2 heterocycles. The van der Waals surface area contributed by atoms with Crippen LogP contribution in [0.15, 0.2) is 17.5 Å². The van der Waals surface area contributed by atoms with Crippen LogP contribution in [-0.4, -0.2) is 44.3 Å². The van der Waals surface area contributed by atoms with Crippen LogP contribution < -0.4 is 5.32 Å². The molecule has 126 valence electrons. The topological polar surface area (TPSA) is 24.5 Å². The van der Waals surface area contributed by atoms with E-state index in [2.05, 4.69) is 34.7 Å². The zero-order chi connectivity index (χ0) is 15.5. The van der Waals surface area contributed by atoms with Gasteiger partial charge in [0.15, 0.2) is 0 Å². The summed E-state index contributed by atoms with van der Waals surface area (Å²) in [6.07, 6.45) is 8.21. The van der Waals surface area contributed by atoms with E-state index < -0.39 is 0 Å². The molecular formula is C18H32N2OS. The maximum Gasteiger partial charge on any atom is 0.0594 e. The summed E-state index contributed by atoms with van der Waals surface area (Å²) in [4.78, 5) is 4.06. The molecule has 22 heavy (non-hydrogen) atoms. The van der Waals surface area contributed by atoms with Crippen molar-refractivity contribution >= 4 is 11.3 Å². The Labute approximate surface area is 140 Å². The Hall–Kier alpha value is -0.420. The number of unbranched alkanes of at least 4 members (excludes halogenated alkanes) is 5. The Balaban J connectivity index is 1.67. The molecule has 2 rings (SSSR count). The minimum atomic E-state index is 0.518. The lowest BCUT2D eigenvalue weighted by molar-refractivity contribution is 0.0169. The molecule has 3 nitrogen and oxygen atoms in total. The smallest absolute Gasteiger partial charge is 0.0594 e. The van der Waals surface area contributed by atoms with Crippen molar-refractivity contribution in [2.45, 2.75) is 51.5 Å². The van der Waals surface area contributed by atoms with Gasteiger partial charge < -0.3 is 10.1 Å². The van der Waals surface area contributed by atoms with Crippen LogP contribution in [0.5, 0.6) is 0 Å². The second kappa shape index (κ2) is 11.2. The molecule has 0 radical (unpaired) electrons. The summed E-state index contributed by atoms with van der Waals surface area (Å²) in [5, 5.41) is 5.88. The van der Waals surface area contributed by atoms with Crippen LogP contribution in [-0.2, 0) is 4.74 Å². The summed E-state index contributed by atoms with van der Waals surface area (Å²) in [7, 11) is 0. The van der Waals surface area contributed by atoms with Crippen molar-refractivity contribution in [3.8, 4) is 0 Å². The highest BCUT2D eigenvalue weighted by atomic mass is 32.1. The van der Waals surface area contributed by atoms with Crippen LogP contribution in [0.3, 0.4) is 0 Å². The van der Waals surface area contributed by atoms with Crippen molar-refractivity contribution in [2.24, 2.45) is 0 Å². The van der Waals surface area contributed by atoms with E-state index in [4.69, 9.17) is 4.74 Å². The van der Waals surface area contributed by atoms with Crippen LogP contribution in [0.1, 0.15) is 56.4 Å². The average molecular weight is 325 g/mol. The minimum Gasteiger partial charge on any atom is -0.379 e. The number of thiophene rings is 1. The SMILES string of the molecule is CCCCCCCCNCC(c1cccs1)N1CCOCC1. The maximum absolute atomic E-state index is 5.50. The number of rotatable bonds is 11. The molecule has 1 N–H and O–H groups in total. The van der Waals surface area contributed by atoms with E-state index in [0.29, 0.717) is 6.04 Å². The first-order valence-electron chi connectivity index (χ1n) is 8.97. The van der Waals surface area contributed by atoms with Crippen LogP contribution in [0.2, 0.25) is 0 Å². The fraction of sp³-hybridized carbons (Fsp3) is 0.778. The predicted octanol–water partition coefficient (Wildman–Crippen LogP) is 4.07. The lowest BCUT2D eigenvalue weighted by atomic mass is 10.1. The number of hydrogen-bond donors (Lipinski definition) is 1. The van der Waals surface area contributed by atoms with Gasteiger partial charge in [0, 0.05) is 24.5 Å². The molecule has 1 aliphatic heterocycles. The molecule has 0 aromatic carbocycles. The fourth-order valence-electron chi connectivity index (χ4n) is 3.05. The summed E-state index contributed by atoms with van der Waals surface area (Å²) in [6.45, 7) is 8.35. The molecule has 1 aliphatic rings. The highest BCUT2D eigenvalue weighted by Crippen LogP contribution is 2.25. The van der Waals surface area contributed by atoms with Gasteiger partial charge in [0.1, 0.15) is 0 Å².